The molecule has 0 spiro atoms. The van der Waals surface area contributed by atoms with Crippen LogP contribution in [0.5, 0.6) is 0 Å². The first-order valence-electron chi connectivity index (χ1n) is 7.84. The summed E-state index contributed by atoms with van der Waals surface area (Å²) in [5.41, 5.74) is 1.60. The van der Waals surface area contributed by atoms with Crippen molar-refractivity contribution in [2.24, 2.45) is 11.8 Å². The summed E-state index contributed by atoms with van der Waals surface area (Å²) >= 11 is 0. The molecule has 2 rings (SSSR count). The van der Waals surface area contributed by atoms with Crippen LogP contribution in [0.2, 0.25) is 0 Å². The van der Waals surface area contributed by atoms with Crippen LogP contribution in [0.15, 0.2) is 11.6 Å². The number of nitrogens with zero attached hydrogens (tertiary/aromatic N) is 1. The van der Waals surface area contributed by atoms with Gasteiger partial charge in [0.05, 0.1) is 0 Å². The van der Waals surface area contributed by atoms with Crippen LogP contribution in [-0.4, -0.2) is 37.6 Å². The molecule has 1 aliphatic heterocycles. The Morgan fingerprint density at radius 1 is 1.33 bits per heavy atom. The van der Waals surface area contributed by atoms with Crippen LogP contribution in [0.4, 0.5) is 0 Å². The van der Waals surface area contributed by atoms with Crippen molar-refractivity contribution in [1.82, 2.24) is 10.2 Å². The summed E-state index contributed by atoms with van der Waals surface area (Å²) in [5.74, 6) is 1.66. The summed E-state index contributed by atoms with van der Waals surface area (Å²) in [6.07, 6.45) is 9.28. The molecule has 1 heterocycles. The van der Waals surface area contributed by atoms with Gasteiger partial charge in [-0.15, -0.1) is 0 Å². The largest absolute Gasteiger partial charge is 0.316 e. The van der Waals surface area contributed by atoms with Crippen molar-refractivity contribution in [3.05, 3.63) is 11.6 Å². The summed E-state index contributed by atoms with van der Waals surface area (Å²) in [4.78, 5) is 2.61. The van der Waals surface area contributed by atoms with Gasteiger partial charge < -0.3 is 10.2 Å². The second kappa shape index (κ2) is 7.30. The van der Waals surface area contributed by atoms with Gasteiger partial charge in [-0.05, 0) is 83.6 Å². The number of nitrogens with one attached hydrogen (secondary N) is 1. The molecule has 2 unspecified atom stereocenters. The molecule has 104 valence electrons. The highest BCUT2D eigenvalue weighted by molar-refractivity contribution is 5.06. The van der Waals surface area contributed by atoms with E-state index in [4.69, 9.17) is 0 Å². The SMILES string of the molecule is CC1=CC(C)CC(CNCCCN2CCCC2)C1. The van der Waals surface area contributed by atoms with Crippen LogP contribution >= 0.6 is 0 Å². The van der Waals surface area contributed by atoms with E-state index in [1.54, 1.807) is 5.57 Å². The molecule has 0 radical (unpaired) electrons. The fourth-order valence-corrected chi connectivity index (χ4v) is 3.58. The number of hydrogen-bond donors (Lipinski definition) is 1. The topological polar surface area (TPSA) is 15.3 Å². The molecule has 2 aliphatic rings. The minimum Gasteiger partial charge on any atom is -0.316 e. The standard InChI is InChI=1S/C16H30N2/c1-14-10-15(2)12-16(11-14)13-17-6-5-9-18-7-3-4-8-18/h10,14,16-17H,3-9,11-13H2,1-2H3. The minimum absolute atomic E-state index is 0.787. The fourth-order valence-electron chi connectivity index (χ4n) is 3.58. The second-order valence-corrected chi connectivity index (χ2v) is 6.40. The van der Waals surface area contributed by atoms with Gasteiger partial charge in [-0.2, -0.15) is 0 Å². The average molecular weight is 250 g/mol. The van der Waals surface area contributed by atoms with E-state index >= 15 is 0 Å². The van der Waals surface area contributed by atoms with E-state index in [1.165, 1.54) is 64.8 Å². The number of allylic oxidation sites excluding steroid dienone is 2. The number of hydrogen-bond acceptors (Lipinski definition) is 2. The predicted octanol–water partition coefficient (Wildman–Crippen LogP) is 3.05. The maximum Gasteiger partial charge on any atom is -0.000664 e. The monoisotopic (exact) mass is 250 g/mol. The van der Waals surface area contributed by atoms with Crippen LogP contribution in [0.3, 0.4) is 0 Å². The van der Waals surface area contributed by atoms with E-state index < -0.39 is 0 Å². The molecule has 1 N–H and O–H groups in total. The van der Waals surface area contributed by atoms with Crippen LogP contribution in [0, 0.1) is 11.8 Å². The average Bonchev–Trinajstić information content (AvgIpc) is 2.80. The van der Waals surface area contributed by atoms with Crippen molar-refractivity contribution in [2.75, 3.05) is 32.7 Å². The van der Waals surface area contributed by atoms with Crippen LogP contribution in [-0.2, 0) is 0 Å². The van der Waals surface area contributed by atoms with Gasteiger partial charge in [0.1, 0.15) is 0 Å². The Morgan fingerprint density at radius 2 is 2.11 bits per heavy atom. The molecule has 1 fully saturated rings. The Bertz CT molecular complexity index is 266. The summed E-state index contributed by atoms with van der Waals surface area (Å²) in [7, 11) is 0. The lowest BCUT2D eigenvalue weighted by Crippen LogP contribution is -2.29. The van der Waals surface area contributed by atoms with Crippen molar-refractivity contribution in [2.45, 2.75) is 46.0 Å². The molecule has 0 aromatic rings. The van der Waals surface area contributed by atoms with Gasteiger partial charge in [0.2, 0.25) is 0 Å². The molecule has 1 aliphatic carbocycles. The molecule has 18 heavy (non-hydrogen) atoms. The van der Waals surface area contributed by atoms with E-state index in [0.717, 1.165) is 11.8 Å². The quantitative estimate of drug-likeness (QED) is 0.576. The molecule has 0 amide bonds. The molecule has 2 heteroatoms. The van der Waals surface area contributed by atoms with Crippen molar-refractivity contribution < 1.29 is 0 Å². The zero-order valence-electron chi connectivity index (χ0n) is 12.3. The summed E-state index contributed by atoms with van der Waals surface area (Å²) in [5, 5.41) is 3.67. The number of rotatable bonds is 6. The minimum atomic E-state index is 0.787. The maximum absolute atomic E-state index is 3.67. The Labute approximate surface area is 113 Å². The van der Waals surface area contributed by atoms with E-state index in [0.29, 0.717) is 0 Å². The first kappa shape index (κ1) is 14.1. The zero-order chi connectivity index (χ0) is 12.8. The lowest BCUT2D eigenvalue weighted by atomic mass is 9.84. The van der Waals surface area contributed by atoms with Crippen molar-refractivity contribution in [3.8, 4) is 0 Å². The second-order valence-electron chi connectivity index (χ2n) is 6.40. The molecule has 0 saturated carbocycles. The Hall–Kier alpha value is -0.340. The van der Waals surface area contributed by atoms with Crippen LogP contribution in [0.1, 0.15) is 46.0 Å². The molecule has 2 nitrogen and oxygen atoms in total. The third kappa shape index (κ3) is 4.74. The molecule has 0 aromatic carbocycles. The Kier molecular flexibility index (Phi) is 5.71. The van der Waals surface area contributed by atoms with Crippen molar-refractivity contribution >= 4 is 0 Å². The molecule has 0 aromatic heterocycles. The van der Waals surface area contributed by atoms with Gasteiger partial charge in [-0.1, -0.05) is 18.6 Å². The van der Waals surface area contributed by atoms with E-state index in [1.807, 2.05) is 0 Å². The van der Waals surface area contributed by atoms with Gasteiger partial charge in [-0.25, -0.2) is 0 Å². The third-order valence-electron chi connectivity index (χ3n) is 4.34. The summed E-state index contributed by atoms with van der Waals surface area (Å²) in [6.45, 7) is 11.0. The zero-order valence-corrected chi connectivity index (χ0v) is 12.3. The summed E-state index contributed by atoms with van der Waals surface area (Å²) < 4.78 is 0. The molecular weight excluding hydrogens is 220 g/mol. The van der Waals surface area contributed by atoms with Gasteiger partial charge >= 0.3 is 0 Å². The summed E-state index contributed by atoms with van der Waals surface area (Å²) in [6, 6.07) is 0. The van der Waals surface area contributed by atoms with E-state index in [9.17, 15) is 0 Å². The van der Waals surface area contributed by atoms with Crippen molar-refractivity contribution in [1.29, 1.82) is 0 Å². The van der Waals surface area contributed by atoms with E-state index in [-0.39, 0.29) is 0 Å². The molecule has 0 bridgehead atoms. The lowest BCUT2D eigenvalue weighted by molar-refractivity contribution is 0.324. The normalized spacial score (nSPS) is 29.6. The Morgan fingerprint density at radius 3 is 2.83 bits per heavy atom. The first-order chi connectivity index (χ1) is 8.74. The highest BCUT2D eigenvalue weighted by Crippen LogP contribution is 2.27. The third-order valence-corrected chi connectivity index (χ3v) is 4.34. The number of likely N-dealkylation sites (tertiary alicyclic amines) is 1. The van der Waals surface area contributed by atoms with Crippen LogP contribution < -0.4 is 5.32 Å². The predicted molar refractivity (Wildman–Crippen MR) is 78.8 cm³/mol. The first-order valence-corrected chi connectivity index (χ1v) is 7.84. The lowest BCUT2D eigenvalue weighted by Gasteiger charge is -2.25. The van der Waals surface area contributed by atoms with Gasteiger partial charge in [0, 0.05) is 0 Å². The Balaban J connectivity index is 1.51. The van der Waals surface area contributed by atoms with E-state index in [2.05, 4.69) is 30.1 Å². The maximum atomic E-state index is 3.67. The van der Waals surface area contributed by atoms with Gasteiger partial charge in [0.15, 0.2) is 0 Å². The van der Waals surface area contributed by atoms with Crippen molar-refractivity contribution in [3.63, 3.8) is 0 Å². The highest BCUT2D eigenvalue weighted by atomic mass is 15.1. The molecule has 1 saturated heterocycles. The van der Waals surface area contributed by atoms with Crippen LogP contribution in [0.25, 0.3) is 0 Å². The fraction of sp³-hybridized carbons (Fsp3) is 0.875. The van der Waals surface area contributed by atoms with Gasteiger partial charge in [-0.3, -0.25) is 0 Å². The molecule has 2 atom stereocenters. The van der Waals surface area contributed by atoms with Gasteiger partial charge in [0.25, 0.3) is 0 Å². The highest BCUT2D eigenvalue weighted by Gasteiger charge is 2.17. The smallest absolute Gasteiger partial charge is 0.000664 e. The molecular formula is C16H30N2.